The van der Waals surface area contributed by atoms with Crippen LogP contribution in [0.2, 0.25) is 0 Å². The Labute approximate surface area is 409 Å². The summed E-state index contributed by atoms with van der Waals surface area (Å²) in [6.07, 6.45) is 24.8. The number of esters is 2. The van der Waals surface area contributed by atoms with Crippen molar-refractivity contribution in [1.82, 2.24) is 0 Å². The van der Waals surface area contributed by atoms with Crippen molar-refractivity contribution in [2.75, 3.05) is 26.4 Å². The number of allylic oxidation sites excluding steroid dienone is 4. The van der Waals surface area contributed by atoms with Crippen LogP contribution in [0.3, 0.4) is 0 Å². The molecule has 2 aliphatic rings. The molecule has 2 saturated heterocycles. The van der Waals surface area contributed by atoms with Crippen LogP contribution in [-0.4, -0.2) is 142 Å². The summed E-state index contributed by atoms with van der Waals surface area (Å²) in [5.41, 5.74) is 0. The van der Waals surface area contributed by atoms with Crippen LogP contribution in [0.5, 0.6) is 0 Å². The molecule has 0 spiro atoms. The van der Waals surface area contributed by atoms with Crippen LogP contribution in [0.1, 0.15) is 206 Å². The Bertz CT molecular complexity index is 1280. The smallest absolute Gasteiger partial charge is 0.306 e. The Morgan fingerprint density at radius 1 is 0.456 bits per heavy atom. The summed E-state index contributed by atoms with van der Waals surface area (Å²) in [6.45, 7) is 2.57. The largest absolute Gasteiger partial charge is 0.462 e. The highest BCUT2D eigenvalue weighted by Gasteiger charge is 2.47. The Hall–Kier alpha value is -2.02. The Kier molecular flexibility index (Phi) is 37.0. The molecule has 4 unspecified atom stereocenters. The zero-order valence-corrected chi connectivity index (χ0v) is 42.1. The van der Waals surface area contributed by atoms with Gasteiger partial charge in [-0.3, -0.25) is 9.59 Å². The van der Waals surface area contributed by atoms with E-state index in [1.165, 1.54) is 122 Å². The lowest BCUT2D eigenvalue weighted by atomic mass is 9.98. The molecule has 7 N–H and O–H groups in total. The van der Waals surface area contributed by atoms with E-state index in [4.69, 9.17) is 28.4 Å². The second-order valence-corrected chi connectivity index (χ2v) is 19.0. The van der Waals surface area contributed by atoms with Crippen LogP contribution in [0.4, 0.5) is 0 Å². The van der Waals surface area contributed by atoms with Crippen molar-refractivity contribution in [1.29, 1.82) is 0 Å². The molecule has 398 valence electrons. The first-order valence-corrected chi connectivity index (χ1v) is 26.9. The van der Waals surface area contributed by atoms with E-state index in [0.29, 0.717) is 12.8 Å². The lowest BCUT2D eigenvalue weighted by molar-refractivity contribution is -0.332. The van der Waals surface area contributed by atoms with Gasteiger partial charge in [-0.15, -0.1) is 0 Å². The van der Waals surface area contributed by atoms with Crippen molar-refractivity contribution in [3.8, 4) is 0 Å². The average Bonchev–Trinajstić information content (AvgIpc) is 3.33. The van der Waals surface area contributed by atoms with Gasteiger partial charge < -0.3 is 64.2 Å². The highest BCUT2D eigenvalue weighted by molar-refractivity contribution is 5.70. The molecule has 0 aliphatic carbocycles. The first-order chi connectivity index (χ1) is 33.0. The van der Waals surface area contributed by atoms with Gasteiger partial charge in [-0.1, -0.05) is 160 Å². The number of unbranched alkanes of at least 4 members (excludes halogenated alkanes) is 24. The van der Waals surface area contributed by atoms with Gasteiger partial charge in [-0.05, 0) is 57.8 Å². The van der Waals surface area contributed by atoms with Crippen molar-refractivity contribution >= 4 is 11.9 Å². The minimum atomic E-state index is -1.76. The minimum Gasteiger partial charge on any atom is -0.462 e. The van der Waals surface area contributed by atoms with E-state index in [0.717, 1.165) is 44.9 Å². The molecule has 0 radical (unpaired) electrons. The number of hydrogen-bond acceptors (Lipinski definition) is 15. The van der Waals surface area contributed by atoms with E-state index in [1.54, 1.807) is 0 Å². The number of carbonyl (C=O) groups is 2. The van der Waals surface area contributed by atoms with Crippen LogP contribution in [0.25, 0.3) is 0 Å². The summed E-state index contributed by atoms with van der Waals surface area (Å²) in [5.74, 6) is -0.923. The first-order valence-electron chi connectivity index (χ1n) is 26.9. The second-order valence-electron chi connectivity index (χ2n) is 19.0. The Balaban J connectivity index is 1.79. The second kappa shape index (κ2) is 40.6. The van der Waals surface area contributed by atoms with Crippen molar-refractivity contribution < 1.29 is 73.8 Å². The molecule has 11 atom stereocenters. The van der Waals surface area contributed by atoms with Gasteiger partial charge in [0.1, 0.15) is 55.4 Å². The third kappa shape index (κ3) is 28.1. The highest BCUT2D eigenvalue weighted by Crippen LogP contribution is 2.26. The summed E-state index contributed by atoms with van der Waals surface area (Å²) in [5, 5.41) is 72.1. The average molecular weight is 973 g/mol. The van der Waals surface area contributed by atoms with Gasteiger partial charge in [0.25, 0.3) is 0 Å². The fraction of sp³-hybridized carbons (Fsp3) is 0.887. The molecule has 15 nitrogen and oxygen atoms in total. The fourth-order valence-corrected chi connectivity index (χ4v) is 8.43. The third-order valence-electron chi connectivity index (χ3n) is 12.9. The van der Waals surface area contributed by atoms with E-state index in [9.17, 15) is 45.3 Å². The van der Waals surface area contributed by atoms with E-state index < -0.39 is 92.7 Å². The van der Waals surface area contributed by atoms with Gasteiger partial charge in [-0.2, -0.15) is 0 Å². The van der Waals surface area contributed by atoms with Crippen LogP contribution in [0.15, 0.2) is 24.3 Å². The zero-order chi connectivity index (χ0) is 49.6. The van der Waals surface area contributed by atoms with E-state index in [1.807, 2.05) is 0 Å². The monoisotopic (exact) mass is 973 g/mol. The van der Waals surface area contributed by atoms with E-state index >= 15 is 0 Å². The molecule has 0 aromatic heterocycles. The maximum absolute atomic E-state index is 13.0. The third-order valence-corrected chi connectivity index (χ3v) is 12.9. The minimum absolute atomic E-state index is 0.164. The van der Waals surface area contributed by atoms with Gasteiger partial charge in [-0.25, -0.2) is 0 Å². The molecule has 2 rings (SSSR count). The van der Waals surface area contributed by atoms with Gasteiger partial charge in [0.15, 0.2) is 18.7 Å². The Morgan fingerprint density at radius 3 is 1.34 bits per heavy atom. The SMILES string of the molecule is CCCC/C=C/CCCCCCCCCCCC(=O)O[C@@H](COC(=O)CCCCCCCCCCC/C=C/CCCCCC)CO[C@@H]1O[C@H](CO[C@@H]2O[C@H](CO)[C@H](O)C(O)C2O)[C@H](O)C(O)C1O. The number of rotatable bonds is 42. The van der Waals surface area contributed by atoms with E-state index in [2.05, 4.69) is 38.2 Å². The lowest BCUT2D eigenvalue weighted by Crippen LogP contribution is -2.61. The van der Waals surface area contributed by atoms with Crippen molar-refractivity contribution in [3.63, 3.8) is 0 Å². The molecule has 15 heteroatoms. The molecule has 0 saturated carbocycles. The first kappa shape index (κ1) is 62.1. The molecule has 0 aromatic rings. The zero-order valence-electron chi connectivity index (χ0n) is 42.1. The molecule has 0 bridgehead atoms. The maximum Gasteiger partial charge on any atom is 0.306 e. The molecule has 2 fully saturated rings. The van der Waals surface area contributed by atoms with Crippen LogP contribution in [-0.2, 0) is 38.0 Å². The van der Waals surface area contributed by atoms with Crippen molar-refractivity contribution in [2.24, 2.45) is 0 Å². The standard InChI is InChI=1S/C53H96O15/c1-3-5-7-9-11-13-15-17-19-20-22-23-25-27-29-31-33-35-44(55)63-38-41(66-45(56)36-34-32-30-28-26-24-21-18-16-14-12-10-8-6-4-2)39-64-52-51(62)49(60)47(58)43(68-52)40-65-53-50(61)48(59)46(57)42(37-54)67-53/h10,12-13,15,41-43,46-54,57-62H,3-9,11,14,16-40H2,1-2H3/b12-10+,15-13+/t41-,42+,43+,46-,47-,48?,49?,50?,51?,52+,53+/m0/s1. The van der Waals surface area contributed by atoms with Crippen LogP contribution < -0.4 is 0 Å². The highest BCUT2D eigenvalue weighted by atomic mass is 16.7. The summed E-state index contributed by atoms with van der Waals surface area (Å²) in [6, 6.07) is 0. The maximum atomic E-state index is 13.0. The molecule has 2 aliphatic heterocycles. The number of aliphatic hydroxyl groups excluding tert-OH is 7. The molecule has 68 heavy (non-hydrogen) atoms. The predicted molar refractivity (Wildman–Crippen MR) is 261 cm³/mol. The van der Waals surface area contributed by atoms with Gasteiger partial charge in [0.2, 0.25) is 0 Å². The van der Waals surface area contributed by atoms with Crippen LogP contribution >= 0.6 is 0 Å². The number of hydrogen-bond donors (Lipinski definition) is 7. The summed E-state index contributed by atoms with van der Waals surface area (Å²) < 4.78 is 33.6. The van der Waals surface area contributed by atoms with E-state index in [-0.39, 0.29) is 26.1 Å². The van der Waals surface area contributed by atoms with Crippen molar-refractivity contribution in [2.45, 2.75) is 274 Å². The molecule has 2 heterocycles. The molecular weight excluding hydrogens is 877 g/mol. The topological polar surface area (TPSA) is 231 Å². The number of carbonyl (C=O) groups excluding carboxylic acids is 2. The summed E-state index contributed by atoms with van der Waals surface area (Å²) >= 11 is 0. The normalized spacial score (nSPS) is 25.9. The van der Waals surface area contributed by atoms with Crippen molar-refractivity contribution in [3.05, 3.63) is 24.3 Å². The summed E-state index contributed by atoms with van der Waals surface area (Å²) in [7, 11) is 0. The summed E-state index contributed by atoms with van der Waals surface area (Å²) in [4.78, 5) is 25.8. The van der Waals surface area contributed by atoms with Gasteiger partial charge in [0, 0.05) is 12.8 Å². The fourth-order valence-electron chi connectivity index (χ4n) is 8.43. The number of ether oxygens (including phenoxy) is 6. The number of aliphatic hydroxyl groups is 7. The molecular formula is C53H96O15. The molecule has 0 aromatic carbocycles. The Morgan fingerprint density at radius 2 is 0.853 bits per heavy atom. The lowest BCUT2D eigenvalue weighted by Gasteiger charge is -2.42. The predicted octanol–water partition coefficient (Wildman–Crippen LogP) is 7.94. The van der Waals surface area contributed by atoms with Gasteiger partial charge in [0.05, 0.1) is 19.8 Å². The van der Waals surface area contributed by atoms with Crippen LogP contribution in [0, 0.1) is 0 Å². The molecule has 0 amide bonds. The quantitative estimate of drug-likeness (QED) is 0.0175. The van der Waals surface area contributed by atoms with Gasteiger partial charge >= 0.3 is 11.9 Å².